The van der Waals surface area contributed by atoms with Gasteiger partial charge in [0.05, 0.1) is 25.2 Å². The first kappa shape index (κ1) is 21.0. The van der Waals surface area contributed by atoms with Gasteiger partial charge in [0.25, 0.3) is 5.91 Å². The normalized spacial score (nSPS) is 13.8. The van der Waals surface area contributed by atoms with Crippen molar-refractivity contribution in [3.8, 4) is 0 Å². The molecule has 25 heavy (non-hydrogen) atoms. The lowest BCUT2D eigenvalue weighted by molar-refractivity contribution is -0.143. The molecule has 0 aromatic heterocycles. The summed E-state index contributed by atoms with van der Waals surface area (Å²) in [5.74, 6) is -1.43. The molecule has 1 aromatic carbocycles. The number of benzene rings is 1. The molecule has 1 rings (SSSR count). The Morgan fingerprint density at radius 2 is 1.80 bits per heavy atom. The van der Waals surface area contributed by atoms with Crippen LogP contribution in [0.5, 0.6) is 0 Å². The quantitative estimate of drug-likeness (QED) is 0.485. The molecular weight excluding hydrogens is 352 g/mol. The van der Waals surface area contributed by atoms with Crippen LogP contribution in [0.25, 0.3) is 0 Å². The van der Waals surface area contributed by atoms with E-state index in [1.807, 2.05) is 0 Å². The topological polar surface area (TPSA) is 131 Å². The first-order chi connectivity index (χ1) is 11.7. The SMILES string of the molecule is COC[C@H](C)NS(=O)(=O)c1ccc(C(=O)N[C@@H](CO)C(=O)OC)cc1. The minimum atomic E-state index is -3.75. The molecule has 9 nitrogen and oxygen atoms in total. The fourth-order valence-corrected chi connectivity index (χ4v) is 3.19. The Labute approximate surface area is 146 Å². The lowest BCUT2D eigenvalue weighted by atomic mass is 10.2. The van der Waals surface area contributed by atoms with E-state index in [1.54, 1.807) is 6.92 Å². The lowest BCUT2D eigenvalue weighted by Gasteiger charge is -2.15. The molecule has 0 aliphatic rings. The summed E-state index contributed by atoms with van der Waals surface area (Å²) in [6.45, 7) is 1.26. The lowest BCUT2D eigenvalue weighted by Crippen LogP contribution is -2.44. The van der Waals surface area contributed by atoms with Crippen molar-refractivity contribution in [1.29, 1.82) is 0 Å². The fraction of sp³-hybridized carbons (Fsp3) is 0.467. The van der Waals surface area contributed by atoms with E-state index in [4.69, 9.17) is 9.84 Å². The van der Waals surface area contributed by atoms with Gasteiger partial charge in [-0.15, -0.1) is 0 Å². The number of nitrogens with one attached hydrogen (secondary N) is 2. The monoisotopic (exact) mass is 374 g/mol. The van der Waals surface area contributed by atoms with Crippen molar-refractivity contribution in [3.63, 3.8) is 0 Å². The average molecular weight is 374 g/mol. The van der Waals surface area contributed by atoms with Gasteiger partial charge in [-0.05, 0) is 31.2 Å². The third-order valence-corrected chi connectivity index (χ3v) is 4.78. The van der Waals surface area contributed by atoms with E-state index < -0.39 is 40.6 Å². The first-order valence-electron chi connectivity index (χ1n) is 7.36. The minimum Gasteiger partial charge on any atom is -0.467 e. The number of rotatable bonds is 9. The van der Waals surface area contributed by atoms with Crippen molar-refractivity contribution in [2.24, 2.45) is 0 Å². The summed E-state index contributed by atoms with van der Waals surface area (Å²) in [5, 5.41) is 11.4. The van der Waals surface area contributed by atoms with Crippen LogP contribution in [0, 0.1) is 0 Å². The number of carbonyl (C=O) groups excluding carboxylic acids is 2. The zero-order chi connectivity index (χ0) is 19.0. The summed E-state index contributed by atoms with van der Waals surface area (Å²) in [7, 11) is -1.15. The van der Waals surface area contributed by atoms with Crippen LogP contribution >= 0.6 is 0 Å². The zero-order valence-electron chi connectivity index (χ0n) is 14.2. The second-order valence-electron chi connectivity index (χ2n) is 5.23. The van der Waals surface area contributed by atoms with Gasteiger partial charge in [0.2, 0.25) is 10.0 Å². The van der Waals surface area contributed by atoms with Gasteiger partial charge in [0.15, 0.2) is 6.04 Å². The molecule has 1 aromatic rings. The largest absolute Gasteiger partial charge is 0.467 e. The van der Waals surface area contributed by atoms with Gasteiger partial charge in [0, 0.05) is 18.7 Å². The van der Waals surface area contributed by atoms with Crippen LogP contribution in [0.2, 0.25) is 0 Å². The van der Waals surface area contributed by atoms with Gasteiger partial charge in [0.1, 0.15) is 0 Å². The van der Waals surface area contributed by atoms with Gasteiger partial charge in [-0.3, -0.25) is 4.79 Å². The maximum Gasteiger partial charge on any atom is 0.330 e. The van der Waals surface area contributed by atoms with Crippen molar-refractivity contribution in [2.75, 3.05) is 27.4 Å². The average Bonchev–Trinajstić information content (AvgIpc) is 2.58. The van der Waals surface area contributed by atoms with Crippen LogP contribution < -0.4 is 10.0 Å². The van der Waals surface area contributed by atoms with Crippen molar-refractivity contribution in [3.05, 3.63) is 29.8 Å². The van der Waals surface area contributed by atoms with Crippen molar-refractivity contribution in [1.82, 2.24) is 10.0 Å². The summed E-state index contributed by atoms with van der Waals surface area (Å²) in [6, 6.07) is 3.53. The first-order valence-corrected chi connectivity index (χ1v) is 8.84. The third-order valence-electron chi connectivity index (χ3n) is 3.17. The van der Waals surface area contributed by atoms with E-state index in [0.717, 1.165) is 7.11 Å². The van der Waals surface area contributed by atoms with Crippen molar-refractivity contribution in [2.45, 2.75) is 23.9 Å². The van der Waals surface area contributed by atoms with Crippen LogP contribution in [0.1, 0.15) is 17.3 Å². The van der Waals surface area contributed by atoms with Crippen LogP contribution in [-0.4, -0.2) is 64.9 Å². The number of hydrogen-bond donors (Lipinski definition) is 3. The number of amides is 1. The number of methoxy groups -OCH3 is 2. The molecule has 2 atom stereocenters. The summed E-state index contributed by atoms with van der Waals surface area (Å²) < 4.78 is 36.1. The van der Waals surface area contributed by atoms with Gasteiger partial charge < -0.3 is 19.9 Å². The van der Waals surface area contributed by atoms with Gasteiger partial charge >= 0.3 is 5.97 Å². The van der Waals surface area contributed by atoms with E-state index in [9.17, 15) is 18.0 Å². The highest BCUT2D eigenvalue weighted by molar-refractivity contribution is 7.89. The van der Waals surface area contributed by atoms with E-state index >= 15 is 0 Å². The molecule has 0 aliphatic heterocycles. The van der Waals surface area contributed by atoms with E-state index in [0.29, 0.717) is 0 Å². The number of aliphatic hydroxyl groups excluding tert-OH is 1. The number of ether oxygens (including phenoxy) is 2. The highest BCUT2D eigenvalue weighted by atomic mass is 32.2. The Hall–Kier alpha value is -2.01. The smallest absolute Gasteiger partial charge is 0.330 e. The molecule has 1 amide bonds. The Bertz CT molecular complexity index is 688. The summed E-state index contributed by atoms with van der Waals surface area (Å²) in [4.78, 5) is 23.4. The van der Waals surface area contributed by atoms with Gasteiger partial charge in [-0.1, -0.05) is 0 Å². The molecule has 10 heteroatoms. The van der Waals surface area contributed by atoms with E-state index in [1.165, 1.54) is 31.4 Å². The third kappa shape index (κ3) is 6.09. The maximum absolute atomic E-state index is 12.2. The van der Waals surface area contributed by atoms with Crippen molar-refractivity contribution < 1.29 is 32.6 Å². The highest BCUT2D eigenvalue weighted by Crippen LogP contribution is 2.11. The van der Waals surface area contributed by atoms with Crippen molar-refractivity contribution >= 4 is 21.9 Å². The molecular formula is C15H22N2O7S. The molecule has 3 N–H and O–H groups in total. The fourth-order valence-electron chi connectivity index (χ4n) is 1.97. The summed E-state index contributed by atoms with van der Waals surface area (Å²) in [5.41, 5.74) is 0.131. The second-order valence-corrected chi connectivity index (χ2v) is 6.95. The molecule has 0 saturated heterocycles. The molecule has 0 saturated carbocycles. The number of carbonyl (C=O) groups is 2. The molecule has 0 radical (unpaired) electrons. The van der Waals surface area contributed by atoms with Crippen LogP contribution in [0.15, 0.2) is 29.2 Å². The Morgan fingerprint density at radius 1 is 1.20 bits per heavy atom. The van der Waals surface area contributed by atoms with E-state index in [2.05, 4.69) is 14.8 Å². The van der Waals surface area contributed by atoms with E-state index in [-0.39, 0.29) is 17.1 Å². The minimum absolute atomic E-state index is 0.0151. The Balaban J connectivity index is 2.84. The highest BCUT2D eigenvalue weighted by Gasteiger charge is 2.22. The Morgan fingerprint density at radius 3 is 2.28 bits per heavy atom. The predicted octanol–water partition coefficient (Wildman–Crippen LogP) is -0.736. The second kappa shape index (κ2) is 9.47. The number of hydrogen-bond acceptors (Lipinski definition) is 7. The standard InChI is InChI=1S/C15H22N2O7S/c1-10(9-23-2)17-25(21,22)12-6-4-11(5-7-12)14(19)16-13(8-18)15(20)24-3/h4-7,10,13,17-18H,8-9H2,1-3H3,(H,16,19)/t10-,13-/m0/s1. The zero-order valence-corrected chi connectivity index (χ0v) is 15.0. The summed E-state index contributed by atoms with van der Waals surface area (Å²) >= 11 is 0. The predicted molar refractivity (Wildman–Crippen MR) is 88.5 cm³/mol. The maximum atomic E-state index is 12.2. The van der Waals surface area contributed by atoms with Crippen LogP contribution in [0.3, 0.4) is 0 Å². The molecule has 0 unspecified atom stereocenters. The number of aliphatic hydroxyl groups is 1. The molecule has 140 valence electrons. The van der Waals surface area contributed by atoms with Gasteiger partial charge in [-0.2, -0.15) is 0 Å². The van der Waals surface area contributed by atoms with Crippen LogP contribution in [0.4, 0.5) is 0 Å². The number of sulfonamides is 1. The Kier molecular flexibility index (Phi) is 7.97. The van der Waals surface area contributed by atoms with Crippen LogP contribution in [-0.2, 0) is 24.3 Å². The molecule has 0 fully saturated rings. The molecule has 0 aliphatic carbocycles. The van der Waals surface area contributed by atoms with Gasteiger partial charge in [-0.25, -0.2) is 17.9 Å². The number of esters is 1. The molecule has 0 bridgehead atoms. The molecule has 0 spiro atoms. The molecule has 0 heterocycles. The summed E-state index contributed by atoms with van der Waals surface area (Å²) in [6.07, 6.45) is 0.